The first-order valence-electron chi connectivity index (χ1n) is 9.16. The summed E-state index contributed by atoms with van der Waals surface area (Å²) in [7, 11) is 1.89. The Morgan fingerprint density at radius 3 is 2.60 bits per heavy atom. The molecule has 0 aliphatic carbocycles. The van der Waals surface area contributed by atoms with Crippen LogP contribution in [0.3, 0.4) is 0 Å². The van der Waals surface area contributed by atoms with Gasteiger partial charge in [-0.1, -0.05) is 30.3 Å². The molecule has 3 rings (SSSR count). The molecule has 2 heterocycles. The third-order valence-electron chi connectivity index (χ3n) is 5.31. The lowest BCUT2D eigenvalue weighted by atomic mass is 9.89. The molecule has 0 spiro atoms. The molecule has 1 atom stereocenters. The van der Waals surface area contributed by atoms with Crippen molar-refractivity contribution in [2.75, 3.05) is 13.1 Å². The fraction of sp³-hybridized carbons (Fsp3) is 0.500. The largest absolute Gasteiger partial charge is 0.349 e. The summed E-state index contributed by atoms with van der Waals surface area (Å²) in [6.07, 6.45) is 5.22. The van der Waals surface area contributed by atoms with E-state index in [2.05, 4.69) is 45.6 Å². The van der Waals surface area contributed by atoms with Crippen LogP contribution in [0, 0.1) is 5.92 Å². The quantitative estimate of drug-likeness (QED) is 0.878. The highest BCUT2D eigenvalue weighted by Crippen LogP contribution is 2.22. The second-order valence-corrected chi connectivity index (χ2v) is 7.01. The van der Waals surface area contributed by atoms with Crippen molar-refractivity contribution in [2.24, 2.45) is 13.0 Å². The van der Waals surface area contributed by atoms with Gasteiger partial charge < -0.3 is 5.32 Å². The number of aromatic nitrogens is 2. The van der Waals surface area contributed by atoms with Gasteiger partial charge in [-0.3, -0.25) is 14.4 Å². The number of hydrogen-bond acceptors (Lipinski definition) is 3. The first-order chi connectivity index (χ1) is 12.1. The van der Waals surface area contributed by atoms with Gasteiger partial charge in [0.1, 0.15) is 0 Å². The van der Waals surface area contributed by atoms with Crippen molar-refractivity contribution in [1.29, 1.82) is 0 Å². The molecule has 5 heteroatoms. The minimum Gasteiger partial charge on any atom is -0.349 e. The number of rotatable bonds is 6. The summed E-state index contributed by atoms with van der Waals surface area (Å²) < 4.78 is 1.79. The number of carbonyl (C=O) groups is 1. The molecule has 0 unspecified atom stereocenters. The van der Waals surface area contributed by atoms with Crippen molar-refractivity contribution < 1.29 is 4.79 Å². The van der Waals surface area contributed by atoms with Crippen molar-refractivity contribution in [3.63, 3.8) is 0 Å². The van der Waals surface area contributed by atoms with E-state index in [-0.39, 0.29) is 11.9 Å². The predicted molar refractivity (Wildman–Crippen MR) is 99.0 cm³/mol. The van der Waals surface area contributed by atoms with E-state index in [1.165, 1.54) is 5.56 Å². The molecule has 25 heavy (non-hydrogen) atoms. The second kappa shape index (κ2) is 8.30. The fourth-order valence-electron chi connectivity index (χ4n) is 3.56. The molecule has 2 aromatic rings. The van der Waals surface area contributed by atoms with Crippen LogP contribution in [0.4, 0.5) is 0 Å². The number of nitrogens with zero attached hydrogens (tertiary/aromatic N) is 3. The Morgan fingerprint density at radius 1 is 1.24 bits per heavy atom. The molecule has 0 radical (unpaired) electrons. The second-order valence-electron chi connectivity index (χ2n) is 7.01. The molecule has 1 aliphatic rings. The Balaban J connectivity index is 1.43. The fourth-order valence-corrected chi connectivity index (χ4v) is 3.56. The van der Waals surface area contributed by atoms with Crippen LogP contribution >= 0.6 is 0 Å². The zero-order chi connectivity index (χ0) is 17.6. The number of carbonyl (C=O) groups excluding carboxylic acids is 1. The maximum absolute atomic E-state index is 12.4. The van der Waals surface area contributed by atoms with E-state index in [9.17, 15) is 4.79 Å². The molecule has 134 valence electrons. The normalized spacial score (nSPS) is 17.4. The van der Waals surface area contributed by atoms with Crippen LogP contribution in [-0.2, 0) is 24.8 Å². The summed E-state index contributed by atoms with van der Waals surface area (Å²) >= 11 is 0. The third kappa shape index (κ3) is 4.69. The number of aryl methyl sites for hydroxylation is 1. The molecule has 1 aliphatic heterocycles. The summed E-state index contributed by atoms with van der Waals surface area (Å²) in [6.45, 7) is 4.54. The first kappa shape index (κ1) is 17.7. The van der Waals surface area contributed by atoms with Gasteiger partial charge in [-0.05, 0) is 56.8 Å². The topological polar surface area (TPSA) is 50.2 Å². The molecule has 5 nitrogen and oxygen atoms in total. The van der Waals surface area contributed by atoms with Crippen LogP contribution in [0.25, 0.3) is 0 Å². The number of amides is 1. The molecule has 1 amide bonds. The highest BCUT2D eigenvalue weighted by Gasteiger charge is 2.26. The van der Waals surface area contributed by atoms with Crippen LogP contribution in [0.2, 0.25) is 0 Å². The number of hydrogen-bond donors (Lipinski definition) is 1. The maximum Gasteiger partial charge on any atom is 0.237 e. The van der Waals surface area contributed by atoms with E-state index in [1.54, 1.807) is 10.9 Å². The van der Waals surface area contributed by atoms with Gasteiger partial charge in [-0.2, -0.15) is 5.10 Å². The van der Waals surface area contributed by atoms with E-state index in [0.29, 0.717) is 6.54 Å². The first-order valence-corrected chi connectivity index (χ1v) is 9.16. The van der Waals surface area contributed by atoms with E-state index in [1.807, 2.05) is 20.0 Å². The molecule has 1 aromatic carbocycles. The summed E-state index contributed by atoms with van der Waals surface area (Å²) in [5.74, 6) is 0.825. The summed E-state index contributed by atoms with van der Waals surface area (Å²) in [5.41, 5.74) is 2.44. The number of benzene rings is 1. The van der Waals surface area contributed by atoms with Gasteiger partial charge >= 0.3 is 0 Å². The van der Waals surface area contributed by atoms with Gasteiger partial charge in [0.15, 0.2) is 0 Å². The Hall–Kier alpha value is -2.14. The van der Waals surface area contributed by atoms with Crippen molar-refractivity contribution in [2.45, 2.75) is 38.8 Å². The highest BCUT2D eigenvalue weighted by molar-refractivity contribution is 5.81. The van der Waals surface area contributed by atoms with Crippen LogP contribution in [-0.4, -0.2) is 39.7 Å². The highest BCUT2D eigenvalue weighted by atomic mass is 16.2. The van der Waals surface area contributed by atoms with E-state index in [0.717, 1.165) is 44.0 Å². The van der Waals surface area contributed by atoms with Crippen molar-refractivity contribution >= 4 is 5.91 Å². The lowest BCUT2D eigenvalue weighted by Gasteiger charge is -2.35. The average molecular weight is 340 g/mol. The summed E-state index contributed by atoms with van der Waals surface area (Å²) in [4.78, 5) is 14.7. The van der Waals surface area contributed by atoms with Crippen LogP contribution in [0.5, 0.6) is 0 Å². The predicted octanol–water partition coefficient (Wildman–Crippen LogP) is 2.38. The molecule has 0 bridgehead atoms. The van der Waals surface area contributed by atoms with E-state index < -0.39 is 0 Å². The summed E-state index contributed by atoms with van der Waals surface area (Å²) in [5, 5.41) is 7.16. The summed E-state index contributed by atoms with van der Waals surface area (Å²) in [6, 6.07) is 12.6. The van der Waals surface area contributed by atoms with Gasteiger partial charge in [-0.25, -0.2) is 0 Å². The Bertz CT molecular complexity index is 674. The van der Waals surface area contributed by atoms with Gasteiger partial charge in [0, 0.05) is 13.2 Å². The molecule has 1 fully saturated rings. The van der Waals surface area contributed by atoms with E-state index >= 15 is 0 Å². The minimum absolute atomic E-state index is 0.0779. The molecular weight excluding hydrogens is 312 g/mol. The third-order valence-corrected chi connectivity index (χ3v) is 5.31. The Kier molecular flexibility index (Phi) is 5.87. The van der Waals surface area contributed by atoms with Crippen molar-refractivity contribution in [3.05, 3.63) is 53.9 Å². The van der Waals surface area contributed by atoms with E-state index in [4.69, 9.17) is 0 Å². The lowest BCUT2D eigenvalue weighted by Crippen LogP contribution is -2.48. The zero-order valence-electron chi connectivity index (χ0n) is 15.2. The standard InChI is InChI=1S/C20H28N4O/c1-16(20(25)21-15-19-8-11-22-23(19)2)24-12-9-18(10-13-24)14-17-6-4-3-5-7-17/h3-8,11,16,18H,9-10,12-15H2,1-2H3,(H,21,25)/t16-/m1/s1. The molecule has 0 saturated carbocycles. The van der Waals surface area contributed by atoms with Gasteiger partial charge in [-0.15, -0.1) is 0 Å². The van der Waals surface area contributed by atoms with Gasteiger partial charge in [0.25, 0.3) is 0 Å². The molecule has 1 aromatic heterocycles. The SMILES string of the molecule is C[C@H](C(=O)NCc1ccnn1C)N1CCC(Cc2ccccc2)CC1. The molecule has 1 N–H and O–H groups in total. The van der Waals surface area contributed by atoms with Crippen LogP contribution < -0.4 is 5.32 Å². The Morgan fingerprint density at radius 2 is 1.96 bits per heavy atom. The monoisotopic (exact) mass is 340 g/mol. The number of piperidine rings is 1. The average Bonchev–Trinajstić information content (AvgIpc) is 3.05. The van der Waals surface area contributed by atoms with Crippen LogP contribution in [0.15, 0.2) is 42.6 Å². The molecular formula is C20H28N4O. The smallest absolute Gasteiger partial charge is 0.237 e. The zero-order valence-corrected chi connectivity index (χ0v) is 15.2. The van der Waals surface area contributed by atoms with Gasteiger partial charge in [0.05, 0.1) is 18.3 Å². The maximum atomic E-state index is 12.4. The number of nitrogens with one attached hydrogen (secondary N) is 1. The number of likely N-dealkylation sites (tertiary alicyclic amines) is 1. The Labute approximate surface area is 150 Å². The molecule has 1 saturated heterocycles. The lowest BCUT2D eigenvalue weighted by molar-refractivity contribution is -0.126. The van der Waals surface area contributed by atoms with Gasteiger partial charge in [0.2, 0.25) is 5.91 Å². The van der Waals surface area contributed by atoms with Crippen molar-refractivity contribution in [1.82, 2.24) is 20.0 Å². The minimum atomic E-state index is -0.0779. The van der Waals surface area contributed by atoms with Crippen LogP contribution in [0.1, 0.15) is 31.0 Å². The van der Waals surface area contributed by atoms with Crippen molar-refractivity contribution in [3.8, 4) is 0 Å².